The minimum atomic E-state index is 0.575. The lowest BCUT2D eigenvalue weighted by atomic mass is 10.0. The van der Waals surface area contributed by atoms with Gasteiger partial charge in [0.05, 0.1) is 21.6 Å². The Morgan fingerprint density at radius 3 is 1.85 bits per heavy atom. The van der Waals surface area contributed by atoms with E-state index in [1.807, 2.05) is 97.3 Å². The topological polar surface area (TPSA) is 77.3 Å². The Labute approximate surface area is 239 Å². The smallest absolute Gasteiger partial charge is 0.166 e. The molecule has 8 aromatic rings. The molecular formula is C34H20N6S. The minimum absolute atomic E-state index is 0.575. The van der Waals surface area contributed by atoms with Gasteiger partial charge in [0.1, 0.15) is 4.83 Å². The fourth-order valence-corrected chi connectivity index (χ4v) is 6.10. The van der Waals surface area contributed by atoms with Gasteiger partial charge in [0, 0.05) is 39.9 Å². The summed E-state index contributed by atoms with van der Waals surface area (Å²) in [7, 11) is 0. The summed E-state index contributed by atoms with van der Waals surface area (Å²) >= 11 is 1.65. The molecule has 8 rings (SSSR count). The summed E-state index contributed by atoms with van der Waals surface area (Å²) in [5, 5.41) is 3.04. The number of aromatic nitrogens is 6. The van der Waals surface area contributed by atoms with Crippen LogP contribution < -0.4 is 0 Å². The Morgan fingerprint density at radius 2 is 1.12 bits per heavy atom. The van der Waals surface area contributed by atoms with Crippen molar-refractivity contribution >= 4 is 42.5 Å². The number of hydrogen-bond donors (Lipinski definition) is 0. The molecule has 0 spiro atoms. The molecule has 5 aromatic heterocycles. The van der Waals surface area contributed by atoms with Gasteiger partial charge in [-0.05, 0) is 29.7 Å². The van der Waals surface area contributed by atoms with Crippen LogP contribution in [0.4, 0.5) is 0 Å². The first-order valence-electron chi connectivity index (χ1n) is 13.2. The van der Waals surface area contributed by atoms with Crippen LogP contribution in [0.1, 0.15) is 0 Å². The quantitative estimate of drug-likeness (QED) is 0.222. The van der Waals surface area contributed by atoms with E-state index < -0.39 is 0 Å². The van der Waals surface area contributed by atoms with Crippen molar-refractivity contribution < 1.29 is 0 Å². The van der Waals surface area contributed by atoms with Gasteiger partial charge in [0.15, 0.2) is 17.5 Å². The Hall–Kier alpha value is -5.40. The zero-order valence-electron chi connectivity index (χ0n) is 21.6. The van der Waals surface area contributed by atoms with Crippen molar-refractivity contribution in [2.45, 2.75) is 0 Å². The summed E-state index contributed by atoms with van der Waals surface area (Å²) in [6.45, 7) is 0. The maximum Gasteiger partial charge on any atom is 0.166 e. The second-order valence-corrected chi connectivity index (χ2v) is 10.6. The fraction of sp³-hybridized carbons (Fsp3) is 0. The summed E-state index contributed by atoms with van der Waals surface area (Å²) in [6.07, 6.45) is 3.68. The number of benzene rings is 3. The number of thiophene rings is 1. The van der Waals surface area contributed by atoms with Crippen molar-refractivity contribution in [1.29, 1.82) is 0 Å². The predicted octanol–water partition coefficient (Wildman–Crippen LogP) is 8.25. The molecule has 7 heteroatoms. The lowest BCUT2D eigenvalue weighted by Crippen LogP contribution is -2.01. The highest BCUT2D eigenvalue weighted by molar-refractivity contribution is 7.25. The van der Waals surface area contributed by atoms with E-state index >= 15 is 0 Å². The van der Waals surface area contributed by atoms with E-state index in [4.69, 9.17) is 24.9 Å². The number of hydrogen-bond acceptors (Lipinski definition) is 7. The molecule has 5 heterocycles. The van der Waals surface area contributed by atoms with E-state index in [1.54, 1.807) is 11.3 Å². The van der Waals surface area contributed by atoms with Crippen LogP contribution in [-0.4, -0.2) is 29.9 Å². The molecule has 0 N–H and O–H groups in total. The van der Waals surface area contributed by atoms with E-state index in [0.717, 1.165) is 59.3 Å². The molecule has 0 unspecified atom stereocenters. The first-order chi connectivity index (χ1) is 20.3. The van der Waals surface area contributed by atoms with Gasteiger partial charge in [-0.3, -0.25) is 4.98 Å². The second kappa shape index (κ2) is 9.66. The molecule has 41 heavy (non-hydrogen) atoms. The maximum atomic E-state index is 5.06. The molecule has 0 fully saturated rings. The third-order valence-corrected chi connectivity index (χ3v) is 8.14. The molecule has 0 saturated carbocycles. The molecule has 0 aliphatic carbocycles. The van der Waals surface area contributed by atoms with Gasteiger partial charge >= 0.3 is 0 Å². The summed E-state index contributed by atoms with van der Waals surface area (Å²) in [4.78, 5) is 30.2. The minimum Gasteiger partial charge on any atom is -0.253 e. The fourth-order valence-electron chi connectivity index (χ4n) is 5.11. The van der Waals surface area contributed by atoms with E-state index in [0.29, 0.717) is 17.5 Å². The molecule has 6 nitrogen and oxygen atoms in total. The van der Waals surface area contributed by atoms with Crippen LogP contribution in [0.3, 0.4) is 0 Å². The van der Waals surface area contributed by atoms with Gasteiger partial charge in [-0.2, -0.15) is 0 Å². The summed E-state index contributed by atoms with van der Waals surface area (Å²) in [5.74, 6) is 1.81. The summed E-state index contributed by atoms with van der Waals surface area (Å²) in [5.41, 5.74) is 5.27. The van der Waals surface area contributed by atoms with Crippen molar-refractivity contribution in [2.24, 2.45) is 0 Å². The molecule has 0 bridgehead atoms. The van der Waals surface area contributed by atoms with Crippen molar-refractivity contribution in [3.63, 3.8) is 0 Å². The van der Waals surface area contributed by atoms with Gasteiger partial charge in [-0.1, -0.05) is 84.9 Å². The molecule has 0 radical (unpaired) electrons. The number of nitrogens with zero attached hydrogens (tertiary/aromatic N) is 6. The average Bonchev–Trinajstić information content (AvgIpc) is 3.43. The van der Waals surface area contributed by atoms with Gasteiger partial charge in [-0.25, -0.2) is 24.9 Å². The molecule has 0 aliphatic heterocycles. The van der Waals surface area contributed by atoms with E-state index in [1.165, 1.54) is 0 Å². The van der Waals surface area contributed by atoms with Crippen LogP contribution in [0.2, 0.25) is 0 Å². The Bertz CT molecular complexity index is 2150. The average molecular weight is 545 g/mol. The molecule has 0 saturated heterocycles. The lowest BCUT2D eigenvalue weighted by molar-refractivity contribution is 1.07. The number of fused-ring (bicyclic) bond motifs is 4. The van der Waals surface area contributed by atoms with Gasteiger partial charge in [0.2, 0.25) is 0 Å². The highest BCUT2D eigenvalue weighted by atomic mass is 32.1. The zero-order valence-corrected chi connectivity index (χ0v) is 22.5. The highest BCUT2D eigenvalue weighted by Gasteiger charge is 2.18. The Morgan fingerprint density at radius 1 is 0.488 bits per heavy atom. The van der Waals surface area contributed by atoms with Gasteiger partial charge in [-0.15, -0.1) is 11.3 Å². The van der Waals surface area contributed by atoms with Crippen molar-refractivity contribution in [2.75, 3.05) is 0 Å². The number of pyridine rings is 3. The monoisotopic (exact) mass is 544 g/mol. The zero-order chi connectivity index (χ0) is 27.2. The van der Waals surface area contributed by atoms with Crippen LogP contribution in [0.25, 0.3) is 76.8 Å². The maximum absolute atomic E-state index is 5.06. The second-order valence-electron chi connectivity index (χ2n) is 9.61. The summed E-state index contributed by atoms with van der Waals surface area (Å²) in [6, 6.07) is 36.4. The van der Waals surface area contributed by atoms with Crippen LogP contribution >= 0.6 is 11.3 Å². The van der Waals surface area contributed by atoms with Crippen molar-refractivity contribution in [1.82, 2.24) is 29.9 Å². The first kappa shape index (κ1) is 23.5. The molecule has 0 amide bonds. The standard InChI is InChI=1S/C34H20N6S/c1-3-10-21(11-4-1)31-38-32(22-12-5-2-6-13-22)40-33(39-31)26-20-36-29(24-15-8-7-14-23(24)26)27-17-18-28-30(37-27)25-16-9-19-35-34(25)41-28/h1-20H. The molecule has 0 aliphatic rings. The van der Waals surface area contributed by atoms with Crippen molar-refractivity contribution in [3.05, 3.63) is 122 Å². The SMILES string of the molecule is c1ccc(-c2nc(-c3ccccc3)nc(-c3cnc(-c4ccc5sc6ncccc6c5n4)c4ccccc34)n2)cc1. The van der Waals surface area contributed by atoms with Crippen LogP contribution in [0.15, 0.2) is 122 Å². The van der Waals surface area contributed by atoms with E-state index in [2.05, 4.69) is 29.2 Å². The van der Waals surface area contributed by atoms with Crippen molar-refractivity contribution in [3.8, 4) is 45.6 Å². The largest absolute Gasteiger partial charge is 0.253 e. The van der Waals surface area contributed by atoms with Crippen LogP contribution in [0, 0.1) is 0 Å². The molecule has 3 aromatic carbocycles. The van der Waals surface area contributed by atoms with Gasteiger partial charge in [0.25, 0.3) is 0 Å². The van der Waals surface area contributed by atoms with E-state index in [-0.39, 0.29) is 0 Å². The molecule has 0 atom stereocenters. The third kappa shape index (κ3) is 4.11. The Balaban J connectivity index is 1.33. The van der Waals surface area contributed by atoms with Crippen LogP contribution in [0.5, 0.6) is 0 Å². The van der Waals surface area contributed by atoms with Crippen LogP contribution in [-0.2, 0) is 0 Å². The molecule has 192 valence electrons. The predicted molar refractivity (Wildman–Crippen MR) is 165 cm³/mol. The Kier molecular flexibility index (Phi) is 5.53. The molecular weight excluding hydrogens is 524 g/mol. The first-order valence-corrected chi connectivity index (χ1v) is 14.0. The highest BCUT2D eigenvalue weighted by Crippen LogP contribution is 2.36. The summed E-state index contributed by atoms with van der Waals surface area (Å²) < 4.78 is 1.11. The van der Waals surface area contributed by atoms with Gasteiger partial charge < -0.3 is 0 Å². The van der Waals surface area contributed by atoms with E-state index in [9.17, 15) is 0 Å². The lowest BCUT2D eigenvalue weighted by Gasteiger charge is -2.12. The number of rotatable bonds is 4. The third-order valence-electron chi connectivity index (χ3n) is 7.07. The normalized spacial score (nSPS) is 11.4.